The van der Waals surface area contributed by atoms with E-state index in [1.807, 2.05) is 0 Å². The summed E-state index contributed by atoms with van der Waals surface area (Å²) in [7, 11) is 1.56. The molecular weight excluding hydrogens is 346 g/mol. The molecule has 0 saturated carbocycles. The first-order valence-electron chi connectivity index (χ1n) is 8.78. The topological polar surface area (TPSA) is 87.7 Å². The molecule has 2 aliphatic rings. The average molecular weight is 365 g/mol. The molecule has 2 aromatic rings. The predicted octanol–water partition coefficient (Wildman–Crippen LogP) is 2.50. The van der Waals surface area contributed by atoms with Crippen LogP contribution in [0.1, 0.15) is 33.6 Å². The number of anilines is 2. The number of benzene rings is 2. The summed E-state index contributed by atoms with van der Waals surface area (Å²) < 4.78 is 5.09. The maximum absolute atomic E-state index is 12.8. The molecule has 3 amide bonds. The predicted molar refractivity (Wildman–Crippen MR) is 100 cm³/mol. The fraction of sp³-hybridized carbons (Fsp3) is 0.250. The van der Waals surface area contributed by atoms with E-state index < -0.39 is 6.04 Å². The molecule has 4 rings (SSSR count). The van der Waals surface area contributed by atoms with Gasteiger partial charge in [-0.2, -0.15) is 0 Å². The highest BCUT2D eigenvalue weighted by Crippen LogP contribution is 2.30. The number of fused-ring (bicyclic) bond motifs is 2. The van der Waals surface area contributed by atoms with Crippen molar-refractivity contribution in [1.82, 2.24) is 4.90 Å². The Kier molecular flexibility index (Phi) is 4.27. The number of nitrogens with zero attached hydrogens (tertiary/aromatic N) is 1. The Labute approximate surface area is 156 Å². The minimum atomic E-state index is -0.415. The lowest BCUT2D eigenvalue weighted by Gasteiger charge is -2.20. The van der Waals surface area contributed by atoms with Gasteiger partial charge in [-0.1, -0.05) is 0 Å². The first-order chi connectivity index (χ1) is 13.1. The molecule has 0 radical (unpaired) electrons. The molecule has 0 aliphatic carbocycles. The van der Waals surface area contributed by atoms with Gasteiger partial charge in [-0.3, -0.25) is 14.4 Å². The number of ether oxygens (including phenoxy) is 1. The first kappa shape index (κ1) is 17.1. The molecule has 0 spiro atoms. The smallest absolute Gasteiger partial charge is 0.256 e. The summed E-state index contributed by atoms with van der Waals surface area (Å²) in [5.41, 5.74) is 1.84. The molecular formula is C20H19N3O4. The van der Waals surface area contributed by atoms with Gasteiger partial charge in [0.1, 0.15) is 11.8 Å². The lowest BCUT2D eigenvalue weighted by Crippen LogP contribution is -2.40. The highest BCUT2D eigenvalue weighted by atomic mass is 16.5. The van der Waals surface area contributed by atoms with Gasteiger partial charge in [0.15, 0.2) is 0 Å². The van der Waals surface area contributed by atoms with Crippen molar-refractivity contribution in [2.45, 2.75) is 18.9 Å². The van der Waals surface area contributed by atoms with Gasteiger partial charge in [0, 0.05) is 17.8 Å². The lowest BCUT2D eigenvalue weighted by molar-refractivity contribution is -0.119. The molecule has 1 saturated heterocycles. The number of carbonyl (C=O) groups is 3. The van der Waals surface area contributed by atoms with Crippen molar-refractivity contribution in [1.29, 1.82) is 0 Å². The van der Waals surface area contributed by atoms with Crippen molar-refractivity contribution in [2.24, 2.45) is 0 Å². The molecule has 2 aliphatic heterocycles. The highest BCUT2D eigenvalue weighted by Gasteiger charge is 2.38. The monoisotopic (exact) mass is 365 g/mol. The van der Waals surface area contributed by atoms with Crippen molar-refractivity contribution < 1.29 is 19.1 Å². The second-order valence-corrected chi connectivity index (χ2v) is 6.59. The van der Waals surface area contributed by atoms with E-state index in [0.717, 1.165) is 6.42 Å². The van der Waals surface area contributed by atoms with E-state index >= 15 is 0 Å². The third kappa shape index (κ3) is 3.12. The summed E-state index contributed by atoms with van der Waals surface area (Å²) in [5, 5.41) is 5.62. The summed E-state index contributed by atoms with van der Waals surface area (Å²) in [6.45, 7) is 0.568. The Morgan fingerprint density at radius 1 is 1.19 bits per heavy atom. The molecule has 1 atom stereocenters. The third-order valence-electron chi connectivity index (χ3n) is 4.93. The molecule has 2 aromatic carbocycles. The second-order valence-electron chi connectivity index (χ2n) is 6.59. The van der Waals surface area contributed by atoms with Crippen molar-refractivity contribution in [3.63, 3.8) is 0 Å². The quantitative estimate of drug-likeness (QED) is 0.875. The number of carbonyl (C=O) groups excluding carboxylic acids is 3. The van der Waals surface area contributed by atoms with Crippen LogP contribution in [-0.2, 0) is 4.79 Å². The van der Waals surface area contributed by atoms with Crippen LogP contribution in [0.4, 0.5) is 11.4 Å². The van der Waals surface area contributed by atoms with Gasteiger partial charge in [0.05, 0.1) is 18.4 Å². The fourth-order valence-corrected chi connectivity index (χ4v) is 3.51. The molecule has 0 bridgehead atoms. The summed E-state index contributed by atoms with van der Waals surface area (Å²) >= 11 is 0. The number of hydrogen-bond donors (Lipinski definition) is 2. The Morgan fingerprint density at radius 2 is 1.96 bits per heavy atom. The number of methoxy groups -OCH3 is 1. The number of amides is 3. The van der Waals surface area contributed by atoms with Gasteiger partial charge in [0.25, 0.3) is 11.8 Å². The van der Waals surface area contributed by atoms with Crippen LogP contribution in [0.25, 0.3) is 0 Å². The van der Waals surface area contributed by atoms with E-state index in [1.54, 1.807) is 54.5 Å². The Bertz CT molecular complexity index is 923. The third-order valence-corrected chi connectivity index (χ3v) is 4.93. The van der Waals surface area contributed by atoms with E-state index in [9.17, 15) is 14.4 Å². The summed E-state index contributed by atoms with van der Waals surface area (Å²) in [5.74, 6) is 0.0286. The maximum atomic E-state index is 12.8. The maximum Gasteiger partial charge on any atom is 0.256 e. The van der Waals surface area contributed by atoms with Gasteiger partial charge in [-0.25, -0.2) is 0 Å². The van der Waals surface area contributed by atoms with Crippen LogP contribution in [0.5, 0.6) is 5.75 Å². The minimum absolute atomic E-state index is 0.158. The fourth-order valence-electron chi connectivity index (χ4n) is 3.51. The van der Waals surface area contributed by atoms with Crippen LogP contribution < -0.4 is 15.4 Å². The molecule has 2 heterocycles. The highest BCUT2D eigenvalue weighted by molar-refractivity contribution is 6.11. The SMILES string of the molecule is COc1ccc(C(=O)Nc2ccc3c(c2)C(=O)N2CCC[C@H]2C(=O)N3)cc1. The molecule has 7 nitrogen and oxygen atoms in total. The van der Waals surface area contributed by atoms with Gasteiger partial charge in [-0.05, 0) is 55.3 Å². The normalized spacial score (nSPS) is 18.3. The zero-order chi connectivity index (χ0) is 19.0. The molecule has 7 heteroatoms. The molecule has 27 heavy (non-hydrogen) atoms. The second kappa shape index (κ2) is 6.75. The Hall–Kier alpha value is -3.35. The number of hydrogen-bond acceptors (Lipinski definition) is 4. The van der Waals surface area contributed by atoms with E-state index in [2.05, 4.69) is 10.6 Å². The first-order valence-corrected chi connectivity index (χ1v) is 8.78. The lowest BCUT2D eigenvalue weighted by atomic mass is 10.1. The summed E-state index contributed by atoms with van der Waals surface area (Å²) in [4.78, 5) is 39.2. The van der Waals surface area contributed by atoms with Crippen LogP contribution in [0, 0.1) is 0 Å². The van der Waals surface area contributed by atoms with Crippen molar-refractivity contribution in [3.05, 3.63) is 53.6 Å². The molecule has 0 unspecified atom stereocenters. The van der Waals surface area contributed by atoms with Crippen molar-refractivity contribution >= 4 is 29.1 Å². The van der Waals surface area contributed by atoms with Crippen molar-refractivity contribution in [3.8, 4) is 5.75 Å². The van der Waals surface area contributed by atoms with Crippen LogP contribution in [0.2, 0.25) is 0 Å². The minimum Gasteiger partial charge on any atom is -0.497 e. The zero-order valence-electron chi connectivity index (χ0n) is 14.8. The van der Waals surface area contributed by atoms with E-state index in [1.165, 1.54) is 0 Å². The van der Waals surface area contributed by atoms with Gasteiger partial charge >= 0.3 is 0 Å². The van der Waals surface area contributed by atoms with Gasteiger partial charge < -0.3 is 20.3 Å². The largest absolute Gasteiger partial charge is 0.497 e. The Balaban J connectivity index is 1.59. The summed E-state index contributed by atoms with van der Waals surface area (Å²) in [6.07, 6.45) is 1.49. The molecule has 0 aromatic heterocycles. The summed E-state index contributed by atoms with van der Waals surface area (Å²) in [6, 6.07) is 11.3. The van der Waals surface area contributed by atoms with Crippen LogP contribution in [0.15, 0.2) is 42.5 Å². The molecule has 2 N–H and O–H groups in total. The number of nitrogens with one attached hydrogen (secondary N) is 2. The zero-order valence-corrected chi connectivity index (χ0v) is 14.8. The van der Waals surface area contributed by atoms with E-state index in [0.29, 0.717) is 41.2 Å². The number of rotatable bonds is 3. The van der Waals surface area contributed by atoms with Crippen LogP contribution >= 0.6 is 0 Å². The molecule has 138 valence electrons. The van der Waals surface area contributed by atoms with E-state index in [-0.39, 0.29) is 17.7 Å². The average Bonchev–Trinajstić information content (AvgIpc) is 3.15. The van der Waals surface area contributed by atoms with Gasteiger partial charge in [0.2, 0.25) is 5.91 Å². The molecule has 1 fully saturated rings. The van der Waals surface area contributed by atoms with Crippen LogP contribution in [0.3, 0.4) is 0 Å². The van der Waals surface area contributed by atoms with Crippen molar-refractivity contribution in [2.75, 3.05) is 24.3 Å². The standard InChI is InChI=1S/C20H19N3O4/c1-27-14-7-4-12(5-8-14)18(24)21-13-6-9-16-15(11-13)20(26)23-10-2-3-17(23)19(25)22-16/h4-9,11,17H,2-3,10H2,1H3,(H,21,24)(H,22,25)/t17-/m0/s1. The Morgan fingerprint density at radius 3 is 2.70 bits per heavy atom. The van der Waals surface area contributed by atoms with E-state index in [4.69, 9.17) is 4.74 Å². The van der Waals surface area contributed by atoms with Crippen LogP contribution in [-0.4, -0.2) is 42.3 Å². The van der Waals surface area contributed by atoms with Gasteiger partial charge in [-0.15, -0.1) is 0 Å².